The van der Waals surface area contributed by atoms with Gasteiger partial charge in [-0.05, 0) is 36.8 Å². The Morgan fingerprint density at radius 1 is 1.25 bits per heavy atom. The summed E-state index contributed by atoms with van der Waals surface area (Å²) >= 11 is 0. The second-order valence-corrected chi connectivity index (χ2v) is 8.84. The van der Waals surface area contributed by atoms with Crippen molar-refractivity contribution in [3.8, 4) is 0 Å². The van der Waals surface area contributed by atoms with Crippen LogP contribution in [0.2, 0.25) is 0 Å². The average molecular weight is 458 g/mol. The molecular weight excluding hydrogens is 434 g/mol. The second-order valence-electron chi connectivity index (χ2n) is 7.27. The van der Waals surface area contributed by atoms with Gasteiger partial charge in [0.15, 0.2) is 0 Å². The van der Waals surface area contributed by atoms with Crippen LogP contribution in [-0.4, -0.2) is 46.1 Å². The molecule has 0 unspecified atom stereocenters. The van der Waals surface area contributed by atoms with Crippen molar-refractivity contribution < 1.29 is 22.9 Å². The summed E-state index contributed by atoms with van der Waals surface area (Å²) in [6, 6.07) is 7.48. The lowest BCUT2D eigenvalue weighted by Gasteiger charge is -2.30. The van der Waals surface area contributed by atoms with Crippen LogP contribution in [0.25, 0.3) is 18.7 Å². The first-order valence-electron chi connectivity index (χ1n) is 9.65. The van der Waals surface area contributed by atoms with Gasteiger partial charge in [-0.1, -0.05) is 42.5 Å². The number of rotatable bonds is 7. The molecule has 3 rings (SSSR count). The van der Waals surface area contributed by atoms with Gasteiger partial charge < -0.3 is 10.0 Å². The zero-order chi connectivity index (χ0) is 23.5. The number of para-hydroxylation sites is 1. The molecule has 0 fully saturated rings. The molecule has 0 bridgehead atoms. The number of carbonyl (C=O) groups is 1. The molecule has 168 valence electrons. The maximum absolute atomic E-state index is 12.4. The largest absolute Gasteiger partial charge is 0.480 e. The number of nitrogens with one attached hydrogen (secondary N) is 1. The van der Waals surface area contributed by atoms with E-state index < -0.39 is 33.9 Å². The van der Waals surface area contributed by atoms with Crippen molar-refractivity contribution in [1.29, 1.82) is 0 Å². The number of H-pyrrole nitrogens is 1. The van der Waals surface area contributed by atoms with Gasteiger partial charge in [-0.2, -0.15) is 8.42 Å². The highest BCUT2D eigenvalue weighted by Gasteiger charge is 2.19. The minimum absolute atomic E-state index is 0.0589. The quantitative estimate of drug-likeness (QED) is 0.522. The van der Waals surface area contributed by atoms with E-state index in [0.717, 1.165) is 15.9 Å². The molecule has 10 heteroatoms. The van der Waals surface area contributed by atoms with Crippen LogP contribution in [-0.2, 0) is 21.5 Å². The molecule has 0 amide bonds. The number of allylic oxidation sites excluding steroid dienone is 4. The van der Waals surface area contributed by atoms with Crippen LogP contribution in [0, 0.1) is 0 Å². The van der Waals surface area contributed by atoms with Crippen molar-refractivity contribution in [2.75, 3.05) is 17.2 Å². The minimum Gasteiger partial charge on any atom is -0.480 e. The number of benzene rings is 1. The van der Waals surface area contributed by atoms with Crippen molar-refractivity contribution >= 4 is 40.5 Å². The van der Waals surface area contributed by atoms with Crippen molar-refractivity contribution in [2.45, 2.75) is 13.5 Å². The van der Waals surface area contributed by atoms with Crippen molar-refractivity contribution in [2.24, 2.45) is 0 Å². The Hall–Kier alpha value is -3.63. The van der Waals surface area contributed by atoms with E-state index in [2.05, 4.69) is 11.7 Å². The summed E-state index contributed by atoms with van der Waals surface area (Å²) in [7, 11) is -4.14. The van der Waals surface area contributed by atoms with Crippen LogP contribution in [0.3, 0.4) is 0 Å². The molecule has 2 heterocycles. The highest BCUT2D eigenvalue weighted by atomic mass is 32.2. The van der Waals surface area contributed by atoms with Crippen molar-refractivity contribution in [3.63, 3.8) is 0 Å². The Labute approximate surface area is 184 Å². The second kappa shape index (κ2) is 9.25. The number of aliphatic carboxylic acids is 1. The normalized spacial score (nSPS) is 15.9. The van der Waals surface area contributed by atoms with Gasteiger partial charge in [0.25, 0.3) is 15.7 Å². The number of aromatic amines is 1. The van der Waals surface area contributed by atoms with Gasteiger partial charge >= 0.3 is 5.97 Å². The van der Waals surface area contributed by atoms with E-state index in [1.54, 1.807) is 30.1 Å². The molecule has 3 N–H and O–H groups in total. The molecule has 0 saturated heterocycles. The van der Waals surface area contributed by atoms with Crippen LogP contribution in [0.1, 0.15) is 12.5 Å². The van der Waals surface area contributed by atoms with Crippen LogP contribution < -0.4 is 21.0 Å². The lowest BCUT2D eigenvalue weighted by Crippen LogP contribution is -2.35. The van der Waals surface area contributed by atoms with Gasteiger partial charge in [0, 0.05) is 17.9 Å². The fourth-order valence-corrected chi connectivity index (χ4v) is 3.73. The third kappa shape index (κ3) is 5.54. The van der Waals surface area contributed by atoms with Gasteiger partial charge in [0.05, 0.1) is 16.3 Å². The van der Waals surface area contributed by atoms with E-state index in [0.29, 0.717) is 16.6 Å². The number of nitrogens with zero attached hydrogens (tertiary/aromatic N) is 2. The molecule has 0 spiro atoms. The van der Waals surface area contributed by atoms with E-state index in [9.17, 15) is 22.6 Å². The predicted molar refractivity (Wildman–Crippen MR) is 123 cm³/mol. The Morgan fingerprint density at radius 3 is 2.66 bits per heavy atom. The number of carboxylic acid groups (broad SMARTS) is 1. The predicted octanol–water partition coefficient (Wildman–Crippen LogP) is 0.703. The first kappa shape index (κ1) is 23.0. The zero-order valence-corrected chi connectivity index (χ0v) is 18.2. The molecule has 32 heavy (non-hydrogen) atoms. The van der Waals surface area contributed by atoms with E-state index in [-0.39, 0.29) is 11.8 Å². The van der Waals surface area contributed by atoms with Crippen LogP contribution in [0.4, 0.5) is 5.69 Å². The van der Waals surface area contributed by atoms with Gasteiger partial charge in [-0.3, -0.25) is 19.2 Å². The molecule has 0 aliphatic carbocycles. The summed E-state index contributed by atoms with van der Waals surface area (Å²) < 4.78 is 32.7. The highest BCUT2D eigenvalue weighted by Crippen LogP contribution is 2.30. The summed E-state index contributed by atoms with van der Waals surface area (Å²) in [6.07, 6.45) is 8.86. The zero-order valence-electron chi connectivity index (χ0n) is 17.4. The number of fused-ring (bicyclic) bond motifs is 1. The molecule has 1 aliphatic rings. The average Bonchev–Trinajstić information content (AvgIpc) is 2.96. The third-order valence-electron chi connectivity index (χ3n) is 4.80. The molecule has 0 radical (unpaired) electrons. The molecule has 0 saturated carbocycles. The Kier molecular flexibility index (Phi) is 6.66. The maximum Gasteiger partial charge on any atom is 0.325 e. The fraction of sp³-hybridized carbons (Fsp3) is 0.182. The molecule has 0 atom stereocenters. The minimum atomic E-state index is -4.14. The number of hydrogen-bond acceptors (Lipinski definition) is 5. The molecule has 1 aromatic heterocycles. The first-order valence-corrected chi connectivity index (χ1v) is 11.3. The standard InChI is InChI=1S/C22H23N3O6S/c1-15(13-19-16(2)23-25(22(19)28)14-21(26)27)7-9-18-10-8-17-5-3-4-6-20(17)24(18)11-12-32(29,30)31/h3-10,13,23H,2,11-12,14H2,1H3,(H,26,27)(H,29,30,31). The van der Waals surface area contributed by atoms with Gasteiger partial charge in [-0.15, -0.1) is 0 Å². The lowest BCUT2D eigenvalue weighted by molar-refractivity contribution is -0.137. The lowest BCUT2D eigenvalue weighted by atomic mass is 10.1. The number of aromatic nitrogens is 2. The SMILES string of the molecule is C=c1[nH]n(CC(=O)O)c(=O)c1=CC(C)=CC=C1C=Cc2ccccc2N1CCS(=O)(=O)O. The summed E-state index contributed by atoms with van der Waals surface area (Å²) in [5, 5.41) is 12.1. The van der Waals surface area contributed by atoms with Crippen LogP contribution in [0.15, 0.2) is 58.6 Å². The smallest absolute Gasteiger partial charge is 0.325 e. The number of carboxylic acids is 1. The summed E-state index contributed by atoms with van der Waals surface area (Å²) in [4.78, 5) is 25.1. The number of hydrogen-bond donors (Lipinski definition) is 3. The fourth-order valence-electron chi connectivity index (χ4n) is 3.32. The van der Waals surface area contributed by atoms with Crippen LogP contribution in [0.5, 0.6) is 0 Å². The third-order valence-corrected chi connectivity index (χ3v) is 5.50. The first-order chi connectivity index (χ1) is 15.0. The Balaban J connectivity index is 1.97. The van der Waals surface area contributed by atoms with E-state index >= 15 is 0 Å². The summed E-state index contributed by atoms with van der Waals surface area (Å²) in [5.74, 6) is -1.58. The Bertz CT molecular complexity index is 1410. The summed E-state index contributed by atoms with van der Waals surface area (Å²) in [5.41, 5.74) is 2.64. The van der Waals surface area contributed by atoms with Crippen molar-refractivity contribution in [3.05, 3.63) is 80.2 Å². The molecule has 9 nitrogen and oxygen atoms in total. The van der Waals surface area contributed by atoms with Crippen molar-refractivity contribution in [1.82, 2.24) is 9.78 Å². The summed E-state index contributed by atoms with van der Waals surface area (Å²) in [6.45, 7) is 5.09. The Morgan fingerprint density at radius 2 is 1.97 bits per heavy atom. The monoisotopic (exact) mass is 457 g/mol. The number of anilines is 1. The molecular formula is C22H23N3O6S. The highest BCUT2D eigenvalue weighted by molar-refractivity contribution is 7.85. The van der Waals surface area contributed by atoms with Gasteiger partial charge in [-0.25, -0.2) is 4.68 Å². The van der Waals surface area contributed by atoms with E-state index in [4.69, 9.17) is 5.11 Å². The topological polar surface area (TPSA) is 133 Å². The van der Waals surface area contributed by atoms with Gasteiger partial charge in [0.2, 0.25) is 0 Å². The van der Waals surface area contributed by atoms with Crippen LogP contribution >= 0.6 is 0 Å². The van der Waals surface area contributed by atoms with E-state index in [1.807, 2.05) is 36.4 Å². The molecule has 1 aromatic carbocycles. The van der Waals surface area contributed by atoms with Gasteiger partial charge in [0.1, 0.15) is 6.54 Å². The molecule has 1 aliphatic heterocycles. The molecule has 2 aromatic rings. The maximum atomic E-state index is 12.4. The van der Waals surface area contributed by atoms with E-state index in [1.165, 1.54) is 0 Å².